The molecule has 0 unspecified atom stereocenters. The van der Waals surface area contributed by atoms with Crippen molar-refractivity contribution in [3.05, 3.63) is 0 Å². The van der Waals surface area contributed by atoms with Gasteiger partial charge in [-0.15, -0.1) is 0 Å². The van der Waals surface area contributed by atoms with Crippen LogP contribution in [0.5, 0.6) is 0 Å². The Kier molecular flexibility index (Phi) is 10.1. The molecule has 0 rings (SSSR count). The van der Waals surface area contributed by atoms with Crippen LogP contribution in [0.4, 0.5) is 0 Å². The molecule has 0 spiro atoms. The third-order valence-corrected chi connectivity index (χ3v) is 1.27. The summed E-state index contributed by atoms with van der Waals surface area (Å²) in [6.45, 7) is 0. The maximum Gasteiger partial charge on any atom is 1.00 e. The maximum atomic E-state index is 9.97. The van der Waals surface area contributed by atoms with Gasteiger partial charge in [0.05, 0.1) is 0 Å². The number of aliphatic carboxylic acids is 2. The van der Waals surface area contributed by atoms with Crippen LogP contribution in [0.15, 0.2) is 0 Å². The van der Waals surface area contributed by atoms with Gasteiger partial charge in [0, 0.05) is 12.4 Å². The van der Waals surface area contributed by atoms with Crippen LogP contribution in [0.3, 0.4) is 0 Å². The van der Waals surface area contributed by atoms with Crippen LogP contribution >= 0.6 is 0 Å². The molecule has 5 heteroatoms. The van der Waals surface area contributed by atoms with Gasteiger partial charge >= 0.3 is 24.8 Å². The second-order valence-corrected chi connectivity index (χ2v) is 2.33. The van der Waals surface area contributed by atoms with E-state index in [9.17, 15) is 14.7 Å². The van der Waals surface area contributed by atoms with Crippen molar-refractivity contribution in [1.82, 2.24) is 0 Å². The molecular weight excluding hydrogens is 155 g/mol. The summed E-state index contributed by atoms with van der Waals surface area (Å²) in [6, 6.07) is 0. The Balaban J connectivity index is 0. The third-order valence-electron chi connectivity index (χ3n) is 1.27. The Labute approximate surface area is 83.1 Å². The van der Waals surface area contributed by atoms with Crippen LogP contribution in [0, 0.1) is 0 Å². The number of carboxylic acids is 2. The predicted molar refractivity (Wildman–Crippen MR) is 35.7 cm³/mol. The van der Waals surface area contributed by atoms with Crippen LogP contribution in [0.25, 0.3) is 0 Å². The molecule has 0 aliphatic carbocycles. The standard InChI is InChI=1S/C7H12O4.Li/c8-6(9)4-2-1-3-5-7(10)11;/h1-5H2,(H,8,9)(H,10,11);/q;+1/p-1. The number of unbranched alkanes of at least 4 members (excludes halogenated alkanes) is 2. The van der Waals surface area contributed by atoms with E-state index in [1.807, 2.05) is 0 Å². The molecule has 0 aromatic carbocycles. The van der Waals surface area contributed by atoms with Crippen molar-refractivity contribution in [2.45, 2.75) is 32.1 Å². The van der Waals surface area contributed by atoms with Gasteiger partial charge in [0.25, 0.3) is 0 Å². The van der Waals surface area contributed by atoms with Gasteiger partial charge in [-0.25, -0.2) is 0 Å². The van der Waals surface area contributed by atoms with Crippen molar-refractivity contribution in [2.75, 3.05) is 0 Å². The first-order valence-electron chi connectivity index (χ1n) is 3.54. The molecule has 0 atom stereocenters. The molecule has 0 saturated heterocycles. The molecule has 0 fully saturated rings. The van der Waals surface area contributed by atoms with Gasteiger partial charge < -0.3 is 15.0 Å². The van der Waals surface area contributed by atoms with E-state index in [-0.39, 0.29) is 31.7 Å². The number of hydrogen-bond acceptors (Lipinski definition) is 3. The zero-order chi connectivity index (χ0) is 8.69. The molecule has 0 aliphatic rings. The van der Waals surface area contributed by atoms with E-state index in [4.69, 9.17) is 5.11 Å². The van der Waals surface area contributed by atoms with Gasteiger partial charge in [-0.1, -0.05) is 6.42 Å². The fourth-order valence-electron chi connectivity index (χ4n) is 0.722. The van der Waals surface area contributed by atoms with Crippen molar-refractivity contribution >= 4 is 11.9 Å². The Bertz CT molecular complexity index is 130. The zero-order valence-corrected chi connectivity index (χ0v) is 7.21. The Morgan fingerprint density at radius 1 is 1.08 bits per heavy atom. The van der Waals surface area contributed by atoms with Gasteiger partial charge in [0.15, 0.2) is 0 Å². The van der Waals surface area contributed by atoms with E-state index < -0.39 is 11.9 Å². The Hall–Kier alpha value is -0.463. The summed E-state index contributed by atoms with van der Waals surface area (Å²) in [6.07, 6.45) is 1.84. The van der Waals surface area contributed by atoms with E-state index in [0.717, 1.165) is 0 Å². The smallest absolute Gasteiger partial charge is 0.550 e. The fraction of sp³-hybridized carbons (Fsp3) is 0.714. The maximum absolute atomic E-state index is 9.97. The average Bonchev–Trinajstić information content (AvgIpc) is 1.85. The monoisotopic (exact) mass is 166 g/mol. The Morgan fingerprint density at radius 2 is 1.58 bits per heavy atom. The topological polar surface area (TPSA) is 77.4 Å². The summed E-state index contributed by atoms with van der Waals surface area (Å²) in [5, 5.41) is 18.1. The van der Waals surface area contributed by atoms with Gasteiger partial charge in [-0.05, 0) is 19.3 Å². The minimum atomic E-state index is -1.07. The number of hydrogen-bond donors (Lipinski definition) is 1. The van der Waals surface area contributed by atoms with E-state index in [0.29, 0.717) is 19.3 Å². The van der Waals surface area contributed by atoms with Gasteiger partial charge in [0.1, 0.15) is 0 Å². The van der Waals surface area contributed by atoms with Crippen LogP contribution in [-0.4, -0.2) is 17.0 Å². The summed E-state index contributed by atoms with van der Waals surface area (Å²) in [7, 11) is 0. The Morgan fingerprint density at radius 3 is 2.00 bits per heavy atom. The second-order valence-electron chi connectivity index (χ2n) is 2.33. The molecule has 1 N–H and O–H groups in total. The van der Waals surface area contributed by atoms with Crippen molar-refractivity contribution in [3.8, 4) is 0 Å². The van der Waals surface area contributed by atoms with Crippen LogP contribution in [0.2, 0.25) is 0 Å². The minimum absolute atomic E-state index is 0. The van der Waals surface area contributed by atoms with Crippen molar-refractivity contribution in [2.24, 2.45) is 0 Å². The number of carboxylic acid groups (broad SMARTS) is 2. The second kappa shape index (κ2) is 8.63. The predicted octanol–water partition coefficient (Wildman–Crippen LogP) is -3.22. The summed E-state index contributed by atoms with van der Waals surface area (Å²) in [5.41, 5.74) is 0. The molecule has 4 nitrogen and oxygen atoms in total. The van der Waals surface area contributed by atoms with Crippen LogP contribution in [0.1, 0.15) is 32.1 Å². The van der Waals surface area contributed by atoms with Crippen LogP contribution in [-0.2, 0) is 9.59 Å². The van der Waals surface area contributed by atoms with E-state index in [2.05, 4.69) is 0 Å². The van der Waals surface area contributed by atoms with Gasteiger partial charge in [0.2, 0.25) is 0 Å². The van der Waals surface area contributed by atoms with Crippen molar-refractivity contribution < 1.29 is 38.7 Å². The van der Waals surface area contributed by atoms with Crippen LogP contribution < -0.4 is 24.0 Å². The summed E-state index contributed by atoms with van der Waals surface area (Å²) in [4.78, 5) is 19.8. The molecule has 64 valence electrons. The van der Waals surface area contributed by atoms with E-state index in [1.165, 1.54) is 0 Å². The SMILES string of the molecule is O=C([O-])CCCCCC(=O)O.[Li+]. The molecule has 0 amide bonds. The molecule has 0 radical (unpaired) electrons. The average molecular weight is 166 g/mol. The van der Waals surface area contributed by atoms with Crippen molar-refractivity contribution in [3.63, 3.8) is 0 Å². The van der Waals surface area contributed by atoms with Gasteiger partial charge in [-0.2, -0.15) is 0 Å². The third kappa shape index (κ3) is 12.2. The quantitative estimate of drug-likeness (QED) is 0.332. The molecular formula is C7H11LiO4. The number of carbonyl (C=O) groups is 2. The van der Waals surface area contributed by atoms with Gasteiger partial charge in [-0.3, -0.25) is 4.79 Å². The fourth-order valence-corrected chi connectivity index (χ4v) is 0.722. The largest absolute Gasteiger partial charge is 1.00 e. The summed E-state index contributed by atoms with van der Waals surface area (Å²) < 4.78 is 0. The molecule has 12 heavy (non-hydrogen) atoms. The first kappa shape index (κ1) is 14.1. The molecule has 0 heterocycles. The molecule has 0 aromatic rings. The first-order chi connectivity index (χ1) is 5.13. The normalized spacial score (nSPS) is 8.67. The van der Waals surface area contributed by atoms with E-state index in [1.54, 1.807) is 0 Å². The summed E-state index contributed by atoms with van der Waals surface area (Å²) >= 11 is 0. The van der Waals surface area contributed by atoms with Crippen molar-refractivity contribution in [1.29, 1.82) is 0 Å². The molecule has 0 bridgehead atoms. The molecule has 0 saturated carbocycles. The number of carbonyl (C=O) groups excluding carboxylic acids is 1. The molecule has 0 aliphatic heterocycles. The van der Waals surface area contributed by atoms with E-state index >= 15 is 0 Å². The molecule has 0 aromatic heterocycles. The summed E-state index contributed by atoms with van der Waals surface area (Å²) in [5.74, 6) is -1.90. The minimum Gasteiger partial charge on any atom is -0.550 e. The zero-order valence-electron chi connectivity index (χ0n) is 7.21. The first-order valence-corrected chi connectivity index (χ1v) is 3.54. The number of rotatable bonds is 6.